The topological polar surface area (TPSA) is 51.2 Å². The first-order valence-electron chi connectivity index (χ1n) is 6.64. The first-order chi connectivity index (χ1) is 10.7. The molecule has 1 amide bonds. The molecule has 1 aromatic heterocycles. The molecule has 1 heterocycles. The maximum Gasteiger partial charge on any atom is 0.230 e. The number of amides is 1. The van der Waals surface area contributed by atoms with Gasteiger partial charge in [-0.2, -0.15) is 0 Å². The molecule has 0 atom stereocenters. The van der Waals surface area contributed by atoms with Gasteiger partial charge in [0.05, 0.1) is 23.3 Å². The Morgan fingerprint density at radius 2 is 2.05 bits per heavy atom. The molecule has 0 radical (unpaired) electrons. The summed E-state index contributed by atoms with van der Waals surface area (Å²) in [5.41, 5.74) is 1.62. The number of hydrogen-bond acceptors (Lipinski definition) is 4. The summed E-state index contributed by atoms with van der Waals surface area (Å²) >= 11 is 7.51. The summed E-state index contributed by atoms with van der Waals surface area (Å²) in [4.78, 5) is 16.5. The lowest BCUT2D eigenvalue weighted by atomic mass is 10.1. The van der Waals surface area contributed by atoms with E-state index in [4.69, 9.17) is 16.3 Å². The average molecular weight is 333 g/mol. The van der Waals surface area contributed by atoms with Gasteiger partial charge >= 0.3 is 0 Å². The van der Waals surface area contributed by atoms with Crippen LogP contribution in [0.25, 0.3) is 10.2 Å². The summed E-state index contributed by atoms with van der Waals surface area (Å²) in [6, 6.07) is 13.1. The summed E-state index contributed by atoms with van der Waals surface area (Å²) in [7, 11) is 1.58. The molecule has 0 aliphatic heterocycles. The van der Waals surface area contributed by atoms with E-state index in [1.54, 1.807) is 19.2 Å². The van der Waals surface area contributed by atoms with E-state index in [1.807, 2.05) is 30.3 Å². The lowest BCUT2D eigenvalue weighted by molar-refractivity contribution is -0.115. The number of ether oxygens (including phenoxy) is 1. The number of carbonyl (C=O) groups is 1. The van der Waals surface area contributed by atoms with E-state index < -0.39 is 0 Å². The predicted octanol–water partition coefficient (Wildman–Crippen LogP) is 4.14. The van der Waals surface area contributed by atoms with Gasteiger partial charge in [0.15, 0.2) is 5.13 Å². The Bertz CT molecular complexity index is 818. The summed E-state index contributed by atoms with van der Waals surface area (Å²) in [5.74, 6) is 0.527. The number of nitrogens with one attached hydrogen (secondary N) is 1. The predicted molar refractivity (Wildman–Crippen MR) is 90.0 cm³/mol. The first kappa shape index (κ1) is 14.8. The zero-order chi connectivity index (χ0) is 15.5. The largest absolute Gasteiger partial charge is 0.494 e. The monoisotopic (exact) mass is 332 g/mol. The van der Waals surface area contributed by atoms with Crippen molar-refractivity contribution < 1.29 is 9.53 Å². The number of aromatic nitrogens is 1. The van der Waals surface area contributed by atoms with Crippen molar-refractivity contribution in [3.8, 4) is 5.75 Å². The number of methoxy groups -OCH3 is 1. The molecule has 0 saturated heterocycles. The minimum absolute atomic E-state index is 0.111. The van der Waals surface area contributed by atoms with E-state index in [0.717, 1.165) is 10.3 Å². The Kier molecular flexibility index (Phi) is 4.27. The number of carbonyl (C=O) groups excluding carboxylic acids is 1. The van der Waals surface area contributed by atoms with Gasteiger partial charge in [0, 0.05) is 0 Å². The van der Waals surface area contributed by atoms with Crippen LogP contribution in [-0.2, 0) is 11.2 Å². The van der Waals surface area contributed by atoms with Crippen LogP contribution in [0.5, 0.6) is 5.75 Å². The Morgan fingerprint density at radius 3 is 2.77 bits per heavy atom. The molecule has 6 heteroatoms. The van der Waals surface area contributed by atoms with Crippen LogP contribution < -0.4 is 10.1 Å². The molecule has 1 N–H and O–H groups in total. The molecule has 22 heavy (non-hydrogen) atoms. The number of anilines is 1. The van der Waals surface area contributed by atoms with Gasteiger partial charge in [-0.3, -0.25) is 4.79 Å². The molecule has 2 aromatic carbocycles. The molecule has 0 bridgehead atoms. The number of rotatable bonds is 4. The number of fused-ring (bicyclic) bond motifs is 1. The van der Waals surface area contributed by atoms with Crippen molar-refractivity contribution >= 4 is 44.2 Å². The standard InChI is InChI=1S/C16H13ClN2O2S/c1-21-12-8-7-11(17)15-14(12)19-16(22-15)18-13(20)9-10-5-3-2-4-6-10/h2-8H,9H2,1H3,(H,18,19,20). The van der Waals surface area contributed by atoms with Crippen molar-refractivity contribution in [1.29, 1.82) is 0 Å². The van der Waals surface area contributed by atoms with E-state index in [9.17, 15) is 4.79 Å². The van der Waals surface area contributed by atoms with Crippen molar-refractivity contribution in [2.45, 2.75) is 6.42 Å². The lowest BCUT2D eigenvalue weighted by Crippen LogP contribution is -2.14. The van der Waals surface area contributed by atoms with Gasteiger partial charge in [-0.15, -0.1) is 0 Å². The van der Waals surface area contributed by atoms with Gasteiger partial charge < -0.3 is 10.1 Å². The molecule has 3 rings (SSSR count). The molecule has 4 nitrogen and oxygen atoms in total. The zero-order valence-corrected chi connectivity index (χ0v) is 13.4. The highest BCUT2D eigenvalue weighted by molar-refractivity contribution is 7.23. The maximum atomic E-state index is 12.1. The number of benzene rings is 2. The van der Waals surface area contributed by atoms with Crippen LogP contribution in [0.2, 0.25) is 5.02 Å². The fraction of sp³-hybridized carbons (Fsp3) is 0.125. The quantitative estimate of drug-likeness (QED) is 0.781. The second-order valence-corrected chi connectivity index (χ2v) is 6.06. The van der Waals surface area contributed by atoms with Gasteiger partial charge in [0.1, 0.15) is 11.3 Å². The van der Waals surface area contributed by atoms with Crippen molar-refractivity contribution in [2.24, 2.45) is 0 Å². The normalized spacial score (nSPS) is 10.6. The third-order valence-corrected chi connectivity index (χ3v) is 4.56. The third-order valence-electron chi connectivity index (χ3n) is 3.13. The molecule has 3 aromatic rings. The summed E-state index contributed by atoms with van der Waals surface area (Å²) in [5, 5.41) is 3.92. The molecule has 0 aliphatic rings. The van der Waals surface area contributed by atoms with E-state index in [1.165, 1.54) is 11.3 Å². The number of hydrogen-bond donors (Lipinski definition) is 1. The summed E-state index contributed by atoms with van der Waals surface area (Å²) < 4.78 is 6.07. The molecule has 0 aliphatic carbocycles. The van der Waals surface area contributed by atoms with Crippen LogP contribution in [0.4, 0.5) is 5.13 Å². The minimum atomic E-state index is -0.111. The second-order valence-electron chi connectivity index (χ2n) is 4.66. The molecule has 0 saturated carbocycles. The minimum Gasteiger partial charge on any atom is -0.494 e. The third kappa shape index (κ3) is 3.05. The van der Waals surface area contributed by atoms with Crippen LogP contribution >= 0.6 is 22.9 Å². The van der Waals surface area contributed by atoms with Gasteiger partial charge in [0.25, 0.3) is 0 Å². The highest BCUT2D eigenvalue weighted by atomic mass is 35.5. The smallest absolute Gasteiger partial charge is 0.230 e. The van der Waals surface area contributed by atoms with Crippen molar-refractivity contribution in [3.63, 3.8) is 0 Å². The molecule has 0 fully saturated rings. The Balaban J connectivity index is 1.82. The highest BCUT2D eigenvalue weighted by Crippen LogP contribution is 2.37. The number of halogens is 1. The highest BCUT2D eigenvalue weighted by Gasteiger charge is 2.14. The Morgan fingerprint density at radius 1 is 1.27 bits per heavy atom. The SMILES string of the molecule is COc1ccc(Cl)c2sc(NC(=O)Cc3ccccc3)nc12. The molecular formula is C16H13ClN2O2S. The Hall–Kier alpha value is -2.11. The summed E-state index contributed by atoms with van der Waals surface area (Å²) in [6.07, 6.45) is 0.307. The van der Waals surface area contributed by atoms with Crippen LogP contribution in [0.3, 0.4) is 0 Å². The van der Waals surface area contributed by atoms with Gasteiger partial charge in [-0.05, 0) is 17.7 Å². The Labute approximate surface area is 136 Å². The van der Waals surface area contributed by atoms with Crippen LogP contribution in [0.15, 0.2) is 42.5 Å². The number of thiazole rings is 1. The van der Waals surface area contributed by atoms with Crippen molar-refractivity contribution in [2.75, 3.05) is 12.4 Å². The second kappa shape index (κ2) is 6.34. The zero-order valence-electron chi connectivity index (χ0n) is 11.8. The van der Waals surface area contributed by atoms with Gasteiger partial charge in [-0.25, -0.2) is 4.98 Å². The van der Waals surface area contributed by atoms with Gasteiger partial charge in [-0.1, -0.05) is 53.3 Å². The van der Waals surface area contributed by atoms with Crippen LogP contribution in [0, 0.1) is 0 Å². The van der Waals surface area contributed by atoms with E-state index >= 15 is 0 Å². The fourth-order valence-corrected chi connectivity index (χ4v) is 3.29. The first-order valence-corrected chi connectivity index (χ1v) is 7.83. The summed E-state index contributed by atoms with van der Waals surface area (Å²) in [6.45, 7) is 0. The fourth-order valence-electron chi connectivity index (χ4n) is 2.12. The van der Waals surface area contributed by atoms with Crippen LogP contribution in [0.1, 0.15) is 5.56 Å². The molecular weight excluding hydrogens is 320 g/mol. The maximum absolute atomic E-state index is 12.1. The molecule has 0 unspecified atom stereocenters. The van der Waals surface area contributed by atoms with Crippen molar-refractivity contribution in [1.82, 2.24) is 4.98 Å². The van der Waals surface area contributed by atoms with Crippen molar-refractivity contribution in [3.05, 3.63) is 53.1 Å². The van der Waals surface area contributed by atoms with Gasteiger partial charge in [0.2, 0.25) is 5.91 Å². The van der Waals surface area contributed by atoms with Crippen LogP contribution in [-0.4, -0.2) is 18.0 Å². The average Bonchev–Trinajstić information content (AvgIpc) is 2.93. The number of nitrogens with zero attached hydrogens (tertiary/aromatic N) is 1. The van der Waals surface area contributed by atoms with E-state index in [0.29, 0.717) is 27.8 Å². The van der Waals surface area contributed by atoms with E-state index in [-0.39, 0.29) is 5.91 Å². The lowest BCUT2D eigenvalue weighted by Gasteiger charge is -2.01. The van der Waals surface area contributed by atoms with E-state index in [2.05, 4.69) is 10.3 Å². The molecule has 112 valence electrons. The molecule has 0 spiro atoms.